The van der Waals surface area contributed by atoms with Gasteiger partial charge in [-0.05, 0) is 274 Å². The molecule has 8 aromatic carbocycles. The summed E-state index contributed by atoms with van der Waals surface area (Å²) in [7, 11) is 0. The van der Waals surface area contributed by atoms with Crippen LogP contribution in [0.5, 0.6) is 0 Å². The summed E-state index contributed by atoms with van der Waals surface area (Å²) in [6.07, 6.45) is 30.8. The predicted octanol–water partition coefficient (Wildman–Crippen LogP) is 35.1. The molecule has 0 bridgehead atoms. The Morgan fingerprint density at radius 1 is 0.315 bits per heavy atom. The van der Waals surface area contributed by atoms with E-state index in [0.717, 1.165) is 119 Å². The molecule has 5 heteroatoms. The fraction of sp³-hybridized carbons (Fsp3) is 0.547. The topological polar surface area (TPSA) is 0 Å². The number of hydrogen-bond donors (Lipinski definition) is 0. The van der Waals surface area contributed by atoms with Gasteiger partial charge >= 0.3 is 0 Å². The third-order valence-corrected chi connectivity index (χ3v) is 20.6. The Hall–Kier alpha value is -5.51. The zero-order valence-electron chi connectivity index (χ0n) is 73.7. The lowest BCUT2D eigenvalue weighted by Crippen LogP contribution is -2.07. The van der Waals surface area contributed by atoms with Crippen LogP contribution < -0.4 is 0 Å². The molecule has 0 atom stereocenters. The molecule has 0 N–H and O–H groups in total. The first-order valence-corrected chi connectivity index (χ1v) is 44.2. The van der Waals surface area contributed by atoms with Gasteiger partial charge in [0.2, 0.25) is 0 Å². The standard InChI is InChI=1S/C13H18F2.C13H20.C12H17Cl.C12H18.2C11H15Cl.C11H22.2C11H16.CH4/c1-10(2)7-8-11-5-4-6-12(9-11)13(3,14)15;1-4-12-7-9-13(10-8-12)6-5-11(2)3;1-9(2)4-5-11-6-7-12(13)10(3)8-11;1-10(2)4-7-12-8-5-11(3)6-9-12;1-9(2)3-4-10-5-7-11(12)8-6-10;1-9(2)6-7-10-4-3-5-11(12)8-10;3*1-10(2)8-9-11-6-4-3-5-7-11;/h4-6,9-10H,7-8H2,1-3H3;7-11H,4-6H2,1-3H3;6-9H,4-5H2,1-3H3;5-6,8-10H,4,7H2,1-3H3;5-9H,3-4H2,1-2H3;3-5,8-9H,6-7H2,1-2H3;10-11H,3-9H2,1-2H3;2*3-7,10H,8-9H2,1-2H3;1H4. The van der Waals surface area contributed by atoms with Gasteiger partial charge in [0.15, 0.2) is 0 Å². The Balaban J connectivity index is 0.00000123. The van der Waals surface area contributed by atoms with Crippen molar-refractivity contribution in [1.82, 2.24) is 0 Å². The zero-order chi connectivity index (χ0) is 82.2. The highest BCUT2D eigenvalue weighted by Crippen LogP contribution is 2.30. The third-order valence-electron chi connectivity index (χ3n) is 19.7. The summed E-state index contributed by atoms with van der Waals surface area (Å²) in [5.41, 5.74) is 15.1. The van der Waals surface area contributed by atoms with Gasteiger partial charge in [-0.15, -0.1) is 0 Å². The van der Waals surface area contributed by atoms with E-state index in [4.69, 9.17) is 34.8 Å². The monoisotopic (exact) mass is 1580 g/mol. The maximum atomic E-state index is 13.0. The first-order chi connectivity index (χ1) is 52.1. The van der Waals surface area contributed by atoms with Crippen molar-refractivity contribution in [2.24, 2.45) is 59.2 Å². The van der Waals surface area contributed by atoms with Crippen LogP contribution >= 0.6 is 34.8 Å². The van der Waals surface area contributed by atoms with Crippen LogP contribution in [0.3, 0.4) is 0 Å². The summed E-state index contributed by atoms with van der Waals surface area (Å²) in [6.45, 7) is 47.9. The van der Waals surface area contributed by atoms with Crippen molar-refractivity contribution in [3.63, 3.8) is 0 Å². The Kier molecular flexibility index (Phi) is 60.6. The molecule has 1 aliphatic rings. The van der Waals surface area contributed by atoms with Crippen LogP contribution in [0.2, 0.25) is 15.1 Å². The molecule has 0 aliphatic heterocycles. The smallest absolute Gasteiger partial charge is 0.202 e. The summed E-state index contributed by atoms with van der Waals surface area (Å²) in [4.78, 5) is 0. The molecule has 0 nitrogen and oxygen atoms in total. The minimum Gasteiger partial charge on any atom is -0.202 e. The second-order valence-corrected chi connectivity index (χ2v) is 36.3. The second-order valence-electron chi connectivity index (χ2n) is 35.0. The lowest BCUT2D eigenvalue weighted by Gasteiger charge is -2.21. The number of rotatable bonds is 29. The number of halogens is 5. The lowest BCUT2D eigenvalue weighted by atomic mass is 9.85. The molecule has 0 unspecified atom stereocenters. The molecule has 9 rings (SSSR count). The van der Waals surface area contributed by atoms with Crippen LogP contribution in [-0.2, 0) is 63.7 Å². The predicted molar refractivity (Wildman–Crippen MR) is 498 cm³/mol. The number of alkyl halides is 2. The number of benzene rings is 8. The summed E-state index contributed by atoms with van der Waals surface area (Å²) in [5, 5.41) is 2.54. The van der Waals surface area contributed by atoms with E-state index in [1.807, 2.05) is 42.5 Å². The SMILES string of the molecule is C.CC(C)CCC1CCCCC1.CC(C)CCc1ccc(Cl)cc1.CC(C)CCc1cccc(C(C)(F)F)c1.CC(C)CCc1cccc(Cl)c1.CC(C)CCc1ccccc1.CC(C)CCc1ccccc1.CCc1ccc(CCC(C)C)cc1.Cc1cc(CCC(C)C)ccc1Cl.Cc1ccc(CCC(C)C)cc1. The van der Waals surface area contributed by atoms with Crippen LogP contribution in [0.1, 0.15) is 309 Å². The molecule has 1 fully saturated rings. The van der Waals surface area contributed by atoms with E-state index < -0.39 is 5.92 Å². The van der Waals surface area contributed by atoms with Crippen LogP contribution in [0.4, 0.5) is 8.78 Å². The van der Waals surface area contributed by atoms with Crippen molar-refractivity contribution in [2.75, 3.05) is 0 Å². The lowest BCUT2D eigenvalue weighted by molar-refractivity contribution is 0.0174. The fourth-order valence-electron chi connectivity index (χ4n) is 11.9. The molecule has 0 amide bonds. The molecular weight excluding hydrogens is 1420 g/mol. The quantitative estimate of drug-likeness (QED) is 0.0438. The van der Waals surface area contributed by atoms with Gasteiger partial charge in [0, 0.05) is 27.6 Å². The van der Waals surface area contributed by atoms with Crippen molar-refractivity contribution in [3.05, 3.63) is 282 Å². The Morgan fingerprint density at radius 2 is 0.613 bits per heavy atom. The first kappa shape index (κ1) is 105. The van der Waals surface area contributed by atoms with Crippen LogP contribution in [0, 0.1) is 73.0 Å². The summed E-state index contributed by atoms with van der Waals surface area (Å²) < 4.78 is 26.1. The molecule has 1 aliphatic carbocycles. The van der Waals surface area contributed by atoms with Gasteiger partial charge in [0.1, 0.15) is 0 Å². The van der Waals surface area contributed by atoms with E-state index in [1.54, 1.807) is 12.1 Å². The number of aryl methyl sites for hydroxylation is 11. The molecule has 0 spiro atoms. The Morgan fingerprint density at radius 3 is 0.955 bits per heavy atom. The van der Waals surface area contributed by atoms with E-state index in [-0.39, 0.29) is 13.0 Å². The van der Waals surface area contributed by atoms with Gasteiger partial charge in [0.25, 0.3) is 5.92 Å². The molecular formula is C106H161Cl3F2. The van der Waals surface area contributed by atoms with E-state index in [0.29, 0.717) is 5.92 Å². The van der Waals surface area contributed by atoms with Crippen LogP contribution in [0.25, 0.3) is 0 Å². The Bertz CT molecular complexity index is 3320. The van der Waals surface area contributed by atoms with Gasteiger partial charge < -0.3 is 0 Å². The molecule has 0 saturated heterocycles. The average molecular weight is 1580 g/mol. The minimum absolute atomic E-state index is 0. The van der Waals surface area contributed by atoms with Crippen molar-refractivity contribution in [3.8, 4) is 0 Å². The van der Waals surface area contributed by atoms with Crippen molar-refractivity contribution >= 4 is 34.8 Å². The summed E-state index contributed by atoms with van der Waals surface area (Å²) in [6, 6.07) is 68.5. The maximum Gasteiger partial charge on any atom is 0.270 e. The van der Waals surface area contributed by atoms with E-state index >= 15 is 0 Å². The average Bonchev–Trinajstić information content (AvgIpc) is 0.851. The van der Waals surface area contributed by atoms with Gasteiger partial charge in [-0.1, -0.05) is 388 Å². The van der Waals surface area contributed by atoms with Gasteiger partial charge in [-0.25, -0.2) is 8.78 Å². The second kappa shape index (κ2) is 63.8. The fourth-order valence-corrected chi connectivity index (χ4v) is 12.3. The number of hydrogen-bond acceptors (Lipinski definition) is 0. The van der Waals surface area contributed by atoms with Gasteiger partial charge in [-0.3, -0.25) is 0 Å². The van der Waals surface area contributed by atoms with Gasteiger partial charge in [0.05, 0.1) is 0 Å². The minimum atomic E-state index is -2.73. The molecule has 0 radical (unpaired) electrons. The largest absolute Gasteiger partial charge is 0.270 e. The van der Waals surface area contributed by atoms with Crippen LogP contribution in [-0.4, -0.2) is 0 Å². The van der Waals surface area contributed by atoms with E-state index in [9.17, 15) is 8.78 Å². The summed E-state index contributed by atoms with van der Waals surface area (Å²) in [5.74, 6) is 5.45. The van der Waals surface area contributed by atoms with Gasteiger partial charge in [-0.2, -0.15) is 0 Å². The third kappa shape index (κ3) is 60.7. The van der Waals surface area contributed by atoms with E-state index in [2.05, 4.69) is 285 Å². The van der Waals surface area contributed by atoms with Crippen molar-refractivity contribution in [1.29, 1.82) is 0 Å². The zero-order valence-corrected chi connectivity index (χ0v) is 76.0. The normalized spacial score (nSPS) is 11.8. The highest BCUT2D eigenvalue weighted by atomic mass is 35.5. The van der Waals surface area contributed by atoms with E-state index in [1.165, 1.54) is 177 Å². The molecule has 0 heterocycles. The molecule has 620 valence electrons. The molecule has 111 heavy (non-hydrogen) atoms. The molecule has 0 aromatic heterocycles. The molecule has 8 aromatic rings. The molecule has 1 saturated carbocycles. The highest BCUT2D eigenvalue weighted by molar-refractivity contribution is 6.31. The first-order valence-electron chi connectivity index (χ1n) is 43.0. The Labute approximate surface area is 699 Å². The summed E-state index contributed by atoms with van der Waals surface area (Å²) >= 11 is 17.6. The highest BCUT2D eigenvalue weighted by Gasteiger charge is 2.24. The van der Waals surface area contributed by atoms with Crippen molar-refractivity contribution in [2.45, 2.75) is 320 Å². The maximum absolute atomic E-state index is 13.0. The van der Waals surface area contributed by atoms with Crippen molar-refractivity contribution < 1.29 is 8.78 Å². The van der Waals surface area contributed by atoms with Crippen LogP contribution in [0.15, 0.2) is 200 Å².